The van der Waals surface area contributed by atoms with Gasteiger partial charge in [-0.2, -0.15) is 0 Å². The van der Waals surface area contributed by atoms with Gasteiger partial charge in [-0.3, -0.25) is 4.79 Å². The number of thiophene rings is 1. The monoisotopic (exact) mass is 336 g/mol. The zero-order chi connectivity index (χ0) is 15.4. The summed E-state index contributed by atoms with van der Waals surface area (Å²) in [5.41, 5.74) is 0. The number of rotatable bonds is 5. The van der Waals surface area contributed by atoms with Crippen molar-refractivity contribution in [1.82, 2.24) is 15.1 Å². The minimum Gasteiger partial charge on any atom is -0.343 e. The Hall–Kier alpha value is -1.47. The van der Waals surface area contributed by atoms with Crippen LogP contribution in [0.3, 0.4) is 0 Å². The number of carbonyl (C=O) groups excluding carboxylic acids is 1. The largest absolute Gasteiger partial charge is 0.343 e. The molecule has 1 saturated heterocycles. The molecule has 2 aromatic heterocycles. The summed E-state index contributed by atoms with van der Waals surface area (Å²) in [5, 5.41) is 12.6. The molecule has 0 unspecified atom stereocenters. The number of amides is 1. The van der Waals surface area contributed by atoms with Crippen LogP contribution >= 0.6 is 22.7 Å². The first kappa shape index (κ1) is 15.4. The van der Waals surface area contributed by atoms with Crippen LogP contribution in [-0.2, 0) is 4.79 Å². The van der Waals surface area contributed by atoms with Crippen LogP contribution in [0.1, 0.15) is 26.2 Å². The fourth-order valence-corrected chi connectivity index (χ4v) is 4.16. The third-order valence-corrected chi connectivity index (χ3v) is 5.82. The molecular weight excluding hydrogens is 316 g/mol. The van der Waals surface area contributed by atoms with Crippen molar-refractivity contribution in [2.24, 2.45) is 0 Å². The van der Waals surface area contributed by atoms with Gasteiger partial charge in [0.25, 0.3) is 0 Å². The summed E-state index contributed by atoms with van der Waals surface area (Å²) < 4.78 is 0. The minimum absolute atomic E-state index is 0.290. The lowest BCUT2D eigenvalue weighted by Gasteiger charge is -2.34. The van der Waals surface area contributed by atoms with Crippen LogP contribution in [0.2, 0.25) is 0 Å². The molecule has 0 bridgehead atoms. The zero-order valence-corrected chi connectivity index (χ0v) is 14.3. The Morgan fingerprint density at radius 2 is 2.09 bits per heavy atom. The zero-order valence-electron chi connectivity index (χ0n) is 12.7. The molecule has 0 N–H and O–H groups in total. The van der Waals surface area contributed by atoms with Gasteiger partial charge in [-0.05, 0) is 17.9 Å². The molecule has 0 aliphatic carbocycles. The predicted molar refractivity (Wildman–Crippen MR) is 91.5 cm³/mol. The van der Waals surface area contributed by atoms with E-state index in [1.807, 2.05) is 11.0 Å². The molecule has 0 saturated carbocycles. The quantitative estimate of drug-likeness (QED) is 0.842. The maximum atomic E-state index is 12.0. The van der Waals surface area contributed by atoms with Crippen LogP contribution in [0.25, 0.3) is 9.88 Å². The third kappa shape index (κ3) is 3.47. The second kappa shape index (κ2) is 7.19. The first-order chi connectivity index (χ1) is 10.8. The number of unbranched alkanes of at least 4 members (excludes halogenated alkanes) is 1. The van der Waals surface area contributed by atoms with Gasteiger partial charge >= 0.3 is 0 Å². The number of aromatic nitrogens is 2. The molecule has 7 heteroatoms. The molecule has 1 aliphatic rings. The second-order valence-corrected chi connectivity index (χ2v) is 7.24. The van der Waals surface area contributed by atoms with Crippen molar-refractivity contribution in [3.05, 3.63) is 17.5 Å². The fraction of sp³-hybridized carbons (Fsp3) is 0.533. The molecule has 1 aliphatic heterocycles. The van der Waals surface area contributed by atoms with Crippen molar-refractivity contribution in [1.29, 1.82) is 0 Å². The Morgan fingerprint density at radius 3 is 2.77 bits per heavy atom. The Balaban J connectivity index is 1.56. The summed E-state index contributed by atoms with van der Waals surface area (Å²) in [6, 6.07) is 4.10. The average molecular weight is 336 g/mol. The highest BCUT2D eigenvalue weighted by molar-refractivity contribution is 7.22. The normalized spacial score (nSPS) is 15.3. The topological polar surface area (TPSA) is 49.3 Å². The van der Waals surface area contributed by atoms with E-state index in [9.17, 15) is 4.79 Å². The van der Waals surface area contributed by atoms with E-state index in [4.69, 9.17) is 0 Å². The van der Waals surface area contributed by atoms with Gasteiger partial charge in [0.05, 0.1) is 4.88 Å². The highest BCUT2D eigenvalue weighted by atomic mass is 32.1. The van der Waals surface area contributed by atoms with E-state index in [1.54, 1.807) is 22.7 Å². The third-order valence-electron chi connectivity index (χ3n) is 3.79. The van der Waals surface area contributed by atoms with E-state index in [-0.39, 0.29) is 5.91 Å². The van der Waals surface area contributed by atoms with Crippen molar-refractivity contribution >= 4 is 33.7 Å². The molecule has 22 heavy (non-hydrogen) atoms. The maximum absolute atomic E-state index is 12.0. The van der Waals surface area contributed by atoms with Crippen molar-refractivity contribution in [2.75, 3.05) is 31.1 Å². The molecule has 0 spiro atoms. The number of nitrogens with zero attached hydrogens (tertiary/aromatic N) is 4. The van der Waals surface area contributed by atoms with E-state index in [0.29, 0.717) is 6.42 Å². The summed E-state index contributed by atoms with van der Waals surface area (Å²) in [6.45, 7) is 5.38. The summed E-state index contributed by atoms with van der Waals surface area (Å²) in [5.74, 6) is 0.290. The van der Waals surface area contributed by atoms with Gasteiger partial charge in [0.1, 0.15) is 0 Å². The van der Waals surface area contributed by atoms with Crippen LogP contribution in [0, 0.1) is 0 Å². The fourth-order valence-electron chi connectivity index (χ4n) is 2.48. The Morgan fingerprint density at radius 1 is 1.27 bits per heavy atom. The Kier molecular flexibility index (Phi) is 5.04. The van der Waals surface area contributed by atoms with Crippen molar-refractivity contribution in [2.45, 2.75) is 26.2 Å². The summed E-state index contributed by atoms with van der Waals surface area (Å²) in [4.78, 5) is 17.4. The van der Waals surface area contributed by atoms with Gasteiger partial charge in [0.15, 0.2) is 5.01 Å². The summed E-state index contributed by atoms with van der Waals surface area (Å²) >= 11 is 3.32. The van der Waals surface area contributed by atoms with Crippen molar-refractivity contribution in [3.63, 3.8) is 0 Å². The Labute approximate surface area is 138 Å². The van der Waals surface area contributed by atoms with E-state index in [2.05, 4.69) is 33.5 Å². The molecule has 3 rings (SSSR count). The van der Waals surface area contributed by atoms with Gasteiger partial charge < -0.3 is 9.80 Å². The highest BCUT2D eigenvalue weighted by Crippen LogP contribution is 2.31. The molecule has 5 nitrogen and oxygen atoms in total. The van der Waals surface area contributed by atoms with Gasteiger partial charge in [-0.25, -0.2) is 0 Å². The number of carbonyl (C=O) groups is 1. The second-order valence-electron chi connectivity index (χ2n) is 5.34. The molecule has 0 radical (unpaired) electrons. The van der Waals surface area contributed by atoms with Crippen molar-refractivity contribution < 1.29 is 4.79 Å². The molecule has 1 amide bonds. The first-order valence-corrected chi connectivity index (χ1v) is 9.37. The number of hydrogen-bond donors (Lipinski definition) is 0. The summed E-state index contributed by atoms with van der Waals surface area (Å²) in [7, 11) is 0. The lowest BCUT2D eigenvalue weighted by atomic mass is 10.2. The van der Waals surface area contributed by atoms with Crippen molar-refractivity contribution in [3.8, 4) is 9.88 Å². The van der Waals surface area contributed by atoms with E-state index < -0.39 is 0 Å². The molecule has 118 valence electrons. The summed E-state index contributed by atoms with van der Waals surface area (Å²) in [6.07, 6.45) is 2.74. The predicted octanol–water partition coefficient (Wildman–Crippen LogP) is 3.11. The van der Waals surface area contributed by atoms with Crippen LogP contribution in [0.15, 0.2) is 17.5 Å². The van der Waals surface area contributed by atoms with Gasteiger partial charge in [-0.1, -0.05) is 30.7 Å². The lowest BCUT2D eigenvalue weighted by Crippen LogP contribution is -2.48. The molecule has 3 heterocycles. The van der Waals surface area contributed by atoms with Gasteiger partial charge in [0.2, 0.25) is 11.0 Å². The first-order valence-electron chi connectivity index (χ1n) is 7.68. The van der Waals surface area contributed by atoms with Crippen LogP contribution in [0.5, 0.6) is 0 Å². The van der Waals surface area contributed by atoms with Gasteiger partial charge in [0, 0.05) is 32.6 Å². The number of anilines is 1. The molecule has 2 aromatic rings. The molecule has 0 aromatic carbocycles. The lowest BCUT2D eigenvalue weighted by molar-refractivity contribution is -0.131. The smallest absolute Gasteiger partial charge is 0.222 e. The van der Waals surface area contributed by atoms with Crippen LogP contribution in [-0.4, -0.2) is 47.2 Å². The van der Waals surface area contributed by atoms with Gasteiger partial charge in [-0.15, -0.1) is 21.5 Å². The average Bonchev–Trinajstić information content (AvgIpc) is 3.23. The minimum atomic E-state index is 0.290. The van der Waals surface area contributed by atoms with Crippen LogP contribution < -0.4 is 4.90 Å². The molecular formula is C15H20N4OS2. The molecule has 0 atom stereocenters. The van der Waals surface area contributed by atoms with E-state index >= 15 is 0 Å². The van der Waals surface area contributed by atoms with Crippen LogP contribution in [0.4, 0.5) is 5.13 Å². The maximum Gasteiger partial charge on any atom is 0.222 e. The van der Waals surface area contributed by atoms with E-state index in [0.717, 1.165) is 54.0 Å². The van der Waals surface area contributed by atoms with E-state index in [1.165, 1.54) is 0 Å². The Bertz CT molecular complexity index is 603. The number of hydrogen-bond acceptors (Lipinski definition) is 6. The standard InChI is InChI=1S/C15H20N4OS2/c1-2-3-6-13(20)18-7-9-19(10-8-18)15-17-16-14(22-15)12-5-4-11-21-12/h4-5,11H,2-3,6-10H2,1H3. The SMILES string of the molecule is CCCCC(=O)N1CCN(c2nnc(-c3cccs3)s2)CC1. The highest BCUT2D eigenvalue weighted by Gasteiger charge is 2.23. The number of piperazine rings is 1. The molecule has 1 fully saturated rings.